The summed E-state index contributed by atoms with van der Waals surface area (Å²) in [5.74, 6) is 1.14. The molecule has 1 atom stereocenters. The van der Waals surface area contributed by atoms with E-state index in [0.717, 1.165) is 12.3 Å². The molecular weight excluding hydrogens is 262 g/mol. The van der Waals surface area contributed by atoms with Crippen molar-refractivity contribution in [3.63, 3.8) is 0 Å². The van der Waals surface area contributed by atoms with Gasteiger partial charge in [0.25, 0.3) is 0 Å². The van der Waals surface area contributed by atoms with Gasteiger partial charge in [0.15, 0.2) is 0 Å². The van der Waals surface area contributed by atoms with Gasteiger partial charge in [0.05, 0.1) is 5.25 Å². The maximum atomic E-state index is 2.26. The standard InChI is InChI=1S/C18H23NS/c1-15-9-7-8-12-17(15)18(20-14-13-19(2)3)16-10-5-4-6-11-16/h4-12,18H,13-14H2,1-3H3. The second kappa shape index (κ2) is 7.51. The summed E-state index contributed by atoms with van der Waals surface area (Å²) in [7, 11) is 4.26. The Morgan fingerprint density at radius 2 is 1.60 bits per heavy atom. The molecule has 2 aromatic carbocycles. The summed E-state index contributed by atoms with van der Waals surface area (Å²) in [6, 6.07) is 19.5. The minimum Gasteiger partial charge on any atom is -0.309 e. The Labute approximate surface area is 127 Å². The highest BCUT2D eigenvalue weighted by molar-refractivity contribution is 7.99. The average Bonchev–Trinajstić information content (AvgIpc) is 2.45. The van der Waals surface area contributed by atoms with E-state index in [1.165, 1.54) is 16.7 Å². The first kappa shape index (κ1) is 15.1. The van der Waals surface area contributed by atoms with Crippen LogP contribution in [0.5, 0.6) is 0 Å². The van der Waals surface area contributed by atoms with Crippen LogP contribution < -0.4 is 0 Å². The summed E-state index contributed by atoms with van der Waals surface area (Å²) >= 11 is 2.03. The smallest absolute Gasteiger partial charge is 0.0549 e. The quantitative estimate of drug-likeness (QED) is 0.775. The number of aryl methyl sites for hydroxylation is 1. The van der Waals surface area contributed by atoms with Gasteiger partial charge in [-0.15, -0.1) is 11.8 Å². The third-order valence-electron chi connectivity index (χ3n) is 3.40. The van der Waals surface area contributed by atoms with Crippen molar-refractivity contribution in [2.75, 3.05) is 26.4 Å². The van der Waals surface area contributed by atoms with E-state index in [9.17, 15) is 0 Å². The molecule has 106 valence electrons. The maximum absolute atomic E-state index is 2.26. The summed E-state index contributed by atoms with van der Waals surface area (Å²) in [4.78, 5) is 2.24. The van der Waals surface area contributed by atoms with Crippen LogP contribution in [-0.4, -0.2) is 31.3 Å². The van der Waals surface area contributed by atoms with Crippen molar-refractivity contribution >= 4 is 11.8 Å². The Morgan fingerprint density at radius 3 is 2.25 bits per heavy atom. The van der Waals surface area contributed by atoms with Crippen LogP contribution in [0.3, 0.4) is 0 Å². The van der Waals surface area contributed by atoms with Crippen molar-refractivity contribution < 1.29 is 0 Å². The zero-order valence-electron chi connectivity index (χ0n) is 12.5. The minimum atomic E-state index is 0.428. The molecule has 0 saturated carbocycles. The maximum Gasteiger partial charge on any atom is 0.0549 e. The van der Waals surface area contributed by atoms with Gasteiger partial charge < -0.3 is 4.90 Å². The second-order valence-electron chi connectivity index (χ2n) is 5.32. The molecule has 2 heteroatoms. The van der Waals surface area contributed by atoms with Crippen molar-refractivity contribution in [3.05, 3.63) is 71.3 Å². The lowest BCUT2D eigenvalue weighted by Crippen LogP contribution is -2.15. The molecule has 0 saturated heterocycles. The molecule has 0 bridgehead atoms. The Bertz CT molecular complexity index is 522. The van der Waals surface area contributed by atoms with Crippen LogP contribution in [-0.2, 0) is 0 Å². The number of thioether (sulfide) groups is 1. The van der Waals surface area contributed by atoms with Gasteiger partial charge in [0.2, 0.25) is 0 Å². The van der Waals surface area contributed by atoms with E-state index in [4.69, 9.17) is 0 Å². The number of hydrogen-bond donors (Lipinski definition) is 0. The predicted molar refractivity (Wildman–Crippen MR) is 90.5 cm³/mol. The Hall–Kier alpha value is -1.25. The molecule has 0 heterocycles. The van der Waals surface area contributed by atoms with Crippen LogP contribution in [0.1, 0.15) is 21.9 Å². The topological polar surface area (TPSA) is 3.24 Å². The van der Waals surface area contributed by atoms with Crippen molar-refractivity contribution in [3.8, 4) is 0 Å². The van der Waals surface area contributed by atoms with Crippen LogP contribution >= 0.6 is 11.8 Å². The second-order valence-corrected chi connectivity index (χ2v) is 6.53. The first-order valence-corrected chi connectivity index (χ1v) is 8.10. The first-order chi connectivity index (χ1) is 9.68. The third kappa shape index (κ3) is 4.12. The highest BCUT2D eigenvalue weighted by Crippen LogP contribution is 2.36. The fourth-order valence-corrected chi connectivity index (χ4v) is 3.73. The minimum absolute atomic E-state index is 0.428. The number of rotatable bonds is 6. The fourth-order valence-electron chi connectivity index (χ4n) is 2.23. The number of hydrogen-bond acceptors (Lipinski definition) is 2. The van der Waals surface area contributed by atoms with Gasteiger partial charge in [0.1, 0.15) is 0 Å². The summed E-state index contributed by atoms with van der Waals surface area (Å²) in [5, 5.41) is 0.428. The summed E-state index contributed by atoms with van der Waals surface area (Å²) in [6.07, 6.45) is 0. The van der Waals surface area contributed by atoms with Gasteiger partial charge in [-0.3, -0.25) is 0 Å². The van der Waals surface area contributed by atoms with Crippen molar-refractivity contribution in [1.82, 2.24) is 4.90 Å². The molecule has 2 rings (SSSR count). The average molecular weight is 285 g/mol. The highest BCUT2D eigenvalue weighted by Gasteiger charge is 2.16. The van der Waals surface area contributed by atoms with Gasteiger partial charge in [-0.1, -0.05) is 54.6 Å². The van der Waals surface area contributed by atoms with Crippen molar-refractivity contribution in [2.45, 2.75) is 12.2 Å². The van der Waals surface area contributed by atoms with Gasteiger partial charge in [0, 0.05) is 12.3 Å². The van der Waals surface area contributed by atoms with Gasteiger partial charge >= 0.3 is 0 Å². The molecule has 1 unspecified atom stereocenters. The lowest BCUT2D eigenvalue weighted by molar-refractivity contribution is 0.437. The first-order valence-electron chi connectivity index (χ1n) is 7.05. The summed E-state index contributed by atoms with van der Waals surface area (Å²) in [6.45, 7) is 3.32. The fraction of sp³-hybridized carbons (Fsp3) is 0.333. The molecule has 0 aliphatic heterocycles. The van der Waals surface area contributed by atoms with E-state index in [1.807, 2.05) is 11.8 Å². The van der Waals surface area contributed by atoms with Crippen molar-refractivity contribution in [2.24, 2.45) is 0 Å². The molecule has 0 radical (unpaired) electrons. The molecule has 0 amide bonds. The van der Waals surface area contributed by atoms with E-state index in [-0.39, 0.29) is 0 Å². The van der Waals surface area contributed by atoms with E-state index >= 15 is 0 Å². The van der Waals surface area contributed by atoms with Gasteiger partial charge in [-0.2, -0.15) is 0 Å². The number of benzene rings is 2. The molecule has 0 aliphatic carbocycles. The van der Waals surface area contributed by atoms with E-state index in [1.54, 1.807) is 0 Å². The van der Waals surface area contributed by atoms with E-state index in [0.29, 0.717) is 5.25 Å². The third-order valence-corrected chi connectivity index (χ3v) is 4.67. The monoisotopic (exact) mass is 285 g/mol. The molecule has 0 fully saturated rings. The summed E-state index contributed by atoms with van der Waals surface area (Å²) < 4.78 is 0. The molecular formula is C18H23NS. The Balaban J connectivity index is 2.23. The molecule has 0 spiro atoms. The molecule has 2 aromatic rings. The zero-order chi connectivity index (χ0) is 14.4. The van der Waals surface area contributed by atoms with Crippen LogP contribution in [0.2, 0.25) is 0 Å². The largest absolute Gasteiger partial charge is 0.309 e. The SMILES string of the molecule is Cc1ccccc1C(SCCN(C)C)c1ccccc1. The van der Waals surface area contributed by atoms with Crippen LogP contribution in [0.15, 0.2) is 54.6 Å². The van der Waals surface area contributed by atoms with Crippen molar-refractivity contribution in [1.29, 1.82) is 0 Å². The van der Waals surface area contributed by atoms with Crippen LogP contribution in [0, 0.1) is 6.92 Å². The van der Waals surface area contributed by atoms with Crippen LogP contribution in [0.4, 0.5) is 0 Å². The molecule has 0 N–H and O–H groups in total. The Morgan fingerprint density at radius 1 is 0.950 bits per heavy atom. The summed E-state index contributed by atoms with van der Waals surface area (Å²) in [5.41, 5.74) is 4.20. The molecule has 0 aliphatic rings. The molecule has 1 nitrogen and oxygen atoms in total. The van der Waals surface area contributed by atoms with Crippen LogP contribution in [0.25, 0.3) is 0 Å². The number of nitrogens with zero attached hydrogens (tertiary/aromatic N) is 1. The highest BCUT2D eigenvalue weighted by atomic mass is 32.2. The van der Waals surface area contributed by atoms with Gasteiger partial charge in [-0.05, 0) is 37.7 Å². The lowest BCUT2D eigenvalue weighted by atomic mass is 10.0. The zero-order valence-corrected chi connectivity index (χ0v) is 13.4. The lowest BCUT2D eigenvalue weighted by Gasteiger charge is -2.20. The van der Waals surface area contributed by atoms with Gasteiger partial charge in [-0.25, -0.2) is 0 Å². The molecule has 0 aromatic heterocycles. The Kier molecular flexibility index (Phi) is 5.69. The molecule has 20 heavy (non-hydrogen) atoms. The normalized spacial score (nSPS) is 12.6. The van der Waals surface area contributed by atoms with E-state index in [2.05, 4.69) is 80.5 Å². The predicted octanol–water partition coefficient (Wildman–Crippen LogP) is 4.38. The van der Waals surface area contributed by atoms with E-state index < -0.39 is 0 Å².